The maximum absolute atomic E-state index is 9.49. The van der Waals surface area contributed by atoms with E-state index in [9.17, 15) is 5.11 Å². The molecular weight excluding hydrogens is 352 g/mol. The van der Waals surface area contributed by atoms with Gasteiger partial charge in [-0.3, -0.25) is 0 Å². The van der Waals surface area contributed by atoms with Crippen molar-refractivity contribution in [3.05, 3.63) is 11.6 Å². The fourth-order valence-corrected chi connectivity index (χ4v) is 8.86. The smallest absolute Gasteiger partial charge is 0.0459 e. The molecule has 9 atom stereocenters. The van der Waals surface area contributed by atoms with Gasteiger partial charge in [0.2, 0.25) is 0 Å². The molecule has 0 aromatic rings. The lowest BCUT2D eigenvalue weighted by Gasteiger charge is -2.58. The van der Waals surface area contributed by atoms with Gasteiger partial charge in [-0.25, -0.2) is 0 Å². The van der Waals surface area contributed by atoms with E-state index >= 15 is 0 Å². The summed E-state index contributed by atoms with van der Waals surface area (Å²) >= 11 is 0. The van der Waals surface area contributed by atoms with E-state index in [2.05, 4.69) is 40.7 Å². The third-order valence-corrected chi connectivity index (χ3v) is 11.1. The first-order chi connectivity index (χ1) is 13.8. The Bertz CT molecular complexity index is 607. The average Bonchev–Trinajstić information content (AvgIpc) is 3.08. The third kappa shape index (κ3) is 3.66. The molecule has 0 radical (unpaired) electrons. The zero-order valence-corrected chi connectivity index (χ0v) is 20.1. The number of allylic oxidation sites excluding steroid dienone is 2. The van der Waals surface area contributed by atoms with Crippen LogP contribution in [0.25, 0.3) is 0 Å². The van der Waals surface area contributed by atoms with Crippen LogP contribution in [0.3, 0.4) is 0 Å². The normalized spacial score (nSPS) is 44.8. The fourth-order valence-electron chi connectivity index (χ4n) is 8.86. The SMILES string of the molecule is CC(CO)C(C)CCC(C)[C@H]1CC[C@H]2[C@@H]3CC=C4CCCC[C@]4(C)[C@H]3CC[C@]12C. The van der Waals surface area contributed by atoms with Crippen molar-refractivity contribution in [2.45, 2.75) is 105 Å². The molecule has 3 saturated carbocycles. The molecule has 0 amide bonds. The zero-order chi connectivity index (χ0) is 20.8. The van der Waals surface area contributed by atoms with Crippen LogP contribution in [0.5, 0.6) is 0 Å². The Morgan fingerprint density at radius 1 is 0.966 bits per heavy atom. The van der Waals surface area contributed by atoms with Crippen LogP contribution in [0.4, 0.5) is 0 Å². The second-order valence-corrected chi connectivity index (χ2v) is 12.4. The predicted molar refractivity (Wildman–Crippen MR) is 124 cm³/mol. The van der Waals surface area contributed by atoms with Gasteiger partial charge in [0, 0.05) is 6.61 Å². The summed E-state index contributed by atoms with van der Waals surface area (Å²) in [5.41, 5.74) is 2.98. The Morgan fingerprint density at radius 2 is 1.76 bits per heavy atom. The molecule has 29 heavy (non-hydrogen) atoms. The summed E-state index contributed by atoms with van der Waals surface area (Å²) in [6.07, 6.45) is 18.5. The van der Waals surface area contributed by atoms with Gasteiger partial charge >= 0.3 is 0 Å². The zero-order valence-electron chi connectivity index (χ0n) is 20.1. The van der Waals surface area contributed by atoms with Gasteiger partial charge in [-0.05, 0) is 104 Å². The largest absolute Gasteiger partial charge is 0.396 e. The monoisotopic (exact) mass is 400 g/mol. The molecule has 0 aromatic carbocycles. The van der Waals surface area contributed by atoms with Gasteiger partial charge in [0.25, 0.3) is 0 Å². The summed E-state index contributed by atoms with van der Waals surface area (Å²) < 4.78 is 0. The molecule has 0 aromatic heterocycles. The lowest BCUT2D eigenvalue weighted by Crippen LogP contribution is -2.50. The van der Waals surface area contributed by atoms with Crippen LogP contribution >= 0.6 is 0 Å². The second-order valence-electron chi connectivity index (χ2n) is 12.4. The van der Waals surface area contributed by atoms with Crippen LogP contribution in [0.1, 0.15) is 105 Å². The minimum absolute atomic E-state index is 0.343. The Labute approximate surface area is 181 Å². The second kappa shape index (κ2) is 8.33. The van der Waals surface area contributed by atoms with Crippen LogP contribution in [-0.4, -0.2) is 11.7 Å². The highest BCUT2D eigenvalue weighted by atomic mass is 16.3. The van der Waals surface area contributed by atoms with Crippen molar-refractivity contribution in [3.8, 4) is 0 Å². The lowest BCUT2D eigenvalue weighted by atomic mass is 9.47. The van der Waals surface area contributed by atoms with Crippen LogP contribution in [-0.2, 0) is 0 Å². The number of fused-ring (bicyclic) bond motifs is 5. The number of aliphatic hydroxyl groups excluding tert-OH is 1. The molecule has 0 heterocycles. The highest BCUT2D eigenvalue weighted by Crippen LogP contribution is 2.67. The average molecular weight is 401 g/mol. The van der Waals surface area contributed by atoms with E-state index in [0.29, 0.717) is 29.3 Å². The summed E-state index contributed by atoms with van der Waals surface area (Å²) in [7, 11) is 0. The molecule has 1 N–H and O–H groups in total. The summed E-state index contributed by atoms with van der Waals surface area (Å²) in [6.45, 7) is 12.8. The molecular formula is C28H48O. The van der Waals surface area contributed by atoms with Crippen molar-refractivity contribution >= 4 is 0 Å². The molecule has 1 nitrogen and oxygen atoms in total. The summed E-state index contributed by atoms with van der Waals surface area (Å²) in [6, 6.07) is 0. The van der Waals surface area contributed by atoms with E-state index < -0.39 is 0 Å². The summed E-state index contributed by atoms with van der Waals surface area (Å²) in [5, 5.41) is 9.49. The van der Waals surface area contributed by atoms with E-state index in [4.69, 9.17) is 0 Å². The van der Waals surface area contributed by atoms with Crippen molar-refractivity contribution in [3.63, 3.8) is 0 Å². The fraction of sp³-hybridized carbons (Fsp3) is 0.929. The Kier molecular flexibility index (Phi) is 6.29. The van der Waals surface area contributed by atoms with E-state index in [-0.39, 0.29) is 0 Å². The highest BCUT2D eigenvalue weighted by molar-refractivity contribution is 5.24. The minimum atomic E-state index is 0.343. The minimum Gasteiger partial charge on any atom is -0.396 e. The van der Waals surface area contributed by atoms with E-state index in [1.54, 1.807) is 0 Å². The van der Waals surface area contributed by atoms with Gasteiger partial charge in [0.15, 0.2) is 0 Å². The summed E-state index contributed by atoms with van der Waals surface area (Å²) in [5.74, 6) is 5.77. The van der Waals surface area contributed by atoms with Crippen molar-refractivity contribution < 1.29 is 5.11 Å². The van der Waals surface area contributed by atoms with Gasteiger partial charge in [0.05, 0.1) is 0 Å². The molecule has 3 unspecified atom stereocenters. The first-order valence-electron chi connectivity index (χ1n) is 13.1. The molecule has 1 heteroatoms. The van der Waals surface area contributed by atoms with Gasteiger partial charge in [0.1, 0.15) is 0 Å². The van der Waals surface area contributed by atoms with Gasteiger partial charge in [-0.2, -0.15) is 0 Å². The van der Waals surface area contributed by atoms with Crippen molar-refractivity contribution in [2.24, 2.45) is 52.3 Å². The number of aliphatic hydroxyl groups is 1. The molecule has 0 aliphatic heterocycles. The predicted octanol–water partition coefficient (Wildman–Crippen LogP) is 7.64. The van der Waals surface area contributed by atoms with Gasteiger partial charge in [-0.15, -0.1) is 0 Å². The number of hydrogen-bond acceptors (Lipinski definition) is 1. The third-order valence-electron chi connectivity index (χ3n) is 11.1. The van der Waals surface area contributed by atoms with Crippen molar-refractivity contribution in [1.82, 2.24) is 0 Å². The lowest BCUT2D eigenvalue weighted by molar-refractivity contribution is -0.0503. The van der Waals surface area contributed by atoms with Crippen LogP contribution in [0, 0.1) is 52.3 Å². The molecule has 4 rings (SSSR count). The quantitative estimate of drug-likeness (QED) is 0.454. The van der Waals surface area contributed by atoms with Gasteiger partial charge in [-0.1, -0.05) is 65.5 Å². The number of hydrogen-bond donors (Lipinski definition) is 1. The van der Waals surface area contributed by atoms with E-state index in [0.717, 1.165) is 29.6 Å². The molecule has 4 aliphatic rings. The van der Waals surface area contributed by atoms with Crippen LogP contribution in [0.2, 0.25) is 0 Å². The molecule has 0 spiro atoms. The van der Waals surface area contributed by atoms with E-state index in [1.165, 1.54) is 70.6 Å². The molecule has 0 bridgehead atoms. The van der Waals surface area contributed by atoms with Crippen molar-refractivity contribution in [1.29, 1.82) is 0 Å². The van der Waals surface area contributed by atoms with Crippen LogP contribution < -0.4 is 0 Å². The maximum atomic E-state index is 9.49. The number of rotatable bonds is 6. The summed E-state index contributed by atoms with van der Waals surface area (Å²) in [4.78, 5) is 0. The Balaban J connectivity index is 1.46. The molecule has 0 saturated heterocycles. The molecule has 166 valence electrons. The van der Waals surface area contributed by atoms with Crippen molar-refractivity contribution in [2.75, 3.05) is 6.61 Å². The topological polar surface area (TPSA) is 20.2 Å². The standard InChI is InChI=1S/C28H48O/c1-19(21(3)18-29)9-10-20(2)24-13-14-25-23-12-11-22-8-6-7-16-27(22,4)26(23)15-17-28(24,25)5/h11,19-21,23-26,29H,6-10,12-18H2,1-5H3/t19?,20?,21?,23-,24+,25-,26-,27-,28+/m0/s1. The van der Waals surface area contributed by atoms with E-state index in [1.807, 2.05) is 5.57 Å². The Hall–Kier alpha value is -0.300. The first-order valence-corrected chi connectivity index (χ1v) is 13.1. The Morgan fingerprint density at radius 3 is 2.52 bits per heavy atom. The highest BCUT2D eigenvalue weighted by Gasteiger charge is 2.58. The maximum Gasteiger partial charge on any atom is 0.0459 e. The first kappa shape index (κ1) is 21.9. The molecule has 4 aliphatic carbocycles. The van der Waals surface area contributed by atoms with Crippen LogP contribution in [0.15, 0.2) is 11.6 Å². The molecule has 3 fully saturated rings. The van der Waals surface area contributed by atoms with Gasteiger partial charge < -0.3 is 5.11 Å².